The highest BCUT2D eigenvalue weighted by Gasteiger charge is 2.33. The Bertz CT molecular complexity index is 1460. The number of halogens is 1. The van der Waals surface area contributed by atoms with Crippen molar-refractivity contribution < 1.29 is 19.4 Å². The fourth-order valence-corrected chi connectivity index (χ4v) is 6.59. The number of benzene rings is 1. The predicted molar refractivity (Wildman–Crippen MR) is 161 cm³/mol. The fourth-order valence-electron chi connectivity index (χ4n) is 5.63. The SMILES string of the molecule is Cc1cc(N2C[C@H](CNC(=O)c3ccc(Cl)s3)OC2=O)cc(C)c1-n1cccc(CCN[C@H]2CC[C@H](O)CC2)c1=O. The number of cyclic esters (lactones) is 1. The maximum absolute atomic E-state index is 13.4. The van der Waals surface area contributed by atoms with Gasteiger partial charge in [-0.15, -0.1) is 11.3 Å². The minimum absolute atomic E-state index is 0.0595. The summed E-state index contributed by atoms with van der Waals surface area (Å²) < 4.78 is 7.72. The Hall–Kier alpha value is -3.18. The molecule has 2 fully saturated rings. The van der Waals surface area contributed by atoms with E-state index in [0.29, 0.717) is 40.5 Å². The van der Waals surface area contributed by atoms with E-state index in [2.05, 4.69) is 10.6 Å². The summed E-state index contributed by atoms with van der Waals surface area (Å²) in [5, 5.41) is 16.1. The van der Waals surface area contributed by atoms with Crippen LogP contribution in [0.25, 0.3) is 5.69 Å². The normalized spacial score (nSPS) is 20.7. The Morgan fingerprint density at radius 1 is 1.12 bits per heavy atom. The molecule has 2 aromatic heterocycles. The van der Waals surface area contributed by atoms with Crippen LogP contribution in [0.1, 0.15) is 52.0 Å². The van der Waals surface area contributed by atoms with Crippen LogP contribution in [-0.2, 0) is 11.2 Å². The number of carbonyl (C=O) groups excluding carboxylic acids is 2. The lowest BCUT2D eigenvalue weighted by molar-refractivity contribution is 0.0920. The highest BCUT2D eigenvalue weighted by Crippen LogP contribution is 2.29. The molecule has 1 aliphatic heterocycles. The summed E-state index contributed by atoms with van der Waals surface area (Å²) in [7, 11) is 0. The smallest absolute Gasteiger partial charge is 0.414 e. The van der Waals surface area contributed by atoms with E-state index in [-0.39, 0.29) is 24.1 Å². The summed E-state index contributed by atoms with van der Waals surface area (Å²) in [5.41, 5.74) is 3.86. The van der Waals surface area contributed by atoms with Crippen molar-refractivity contribution in [1.82, 2.24) is 15.2 Å². The lowest BCUT2D eigenvalue weighted by atomic mass is 9.93. The Balaban J connectivity index is 1.24. The third kappa shape index (κ3) is 6.83. The zero-order valence-electron chi connectivity index (χ0n) is 23.2. The molecule has 1 atom stereocenters. The molecule has 41 heavy (non-hydrogen) atoms. The Morgan fingerprint density at radius 2 is 1.85 bits per heavy atom. The van der Waals surface area contributed by atoms with E-state index in [1.54, 1.807) is 27.8 Å². The molecule has 3 aromatic rings. The van der Waals surface area contributed by atoms with Gasteiger partial charge in [0.1, 0.15) is 6.10 Å². The molecule has 0 unspecified atom stereocenters. The summed E-state index contributed by atoms with van der Waals surface area (Å²) in [5.74, 6) is -0.260. The fraction of sp³-hybridized carbons (Fsp3) is 0.433. The molecule has 1 saturated carbocycles. The molecule has 9 nitrogen and oxygen atoms in total. The lowest BCUT2D eigenvalue weighted by Gasteiger charge is -2.26. The van der Waals surface area contributed by atoms with Crippen molar-refractivity contribution in [3.63, 3.8) is 0 Å². The van der Waals surface area contributed by atoms with Gasteiger partial charge in [-0.05, 0) is 94.0 Å². The van der Waals surface area contributed by atoms with E-state index >= 15 is 0 Å². The van der Waals surface area contributed by atoms with Crippen LogP contribution in [0, 0.1) is 13.8 Å². The van der Waals surface area contributed by atoms with Crippen molar-refractivity contribution in [3.05, 3.63) is 78.9 Å². The second-order valence-corrected chi connectivity index (χ2v) is 12.5. The number of aryl methyl sites for hydroxylation is 2. The number of amides is 2. The van der Waals surface area contributed by atoms with Crippen LogP contribution in [0.4, 0.5) is 10.5 Å². The van der Waals surface area contributed by atoms with Gasteiger partial charge >= 0.3 is 6.09 Å². The summed E-state index contributed by atoms with van der Waals surface area (Å²) in [4.78, 5) is 40.6. The van der Waals surface area contributed by atoms with Crippen LogP contribution in [0.15, 0.2) is 47.4 Å². The summed E-state index contributed by atoms with van der Waals surface area (Å²) in [6.07, 6.45) is 4.79. The zero-order chi connectivity index (χ0) is 29.1. The Kier molecular flexibility index (Phi) is 9.13. The van der Waals surface area contributed by atoms with Gasteiger partial charge in [0.2, 0.25) is 0 Å². The first-order valence-corrected chi connectivity index (χ1v) is 15.1. The molecule has 1 aliphatic carbocycles. The number of carbonyl (C=O) groups is 2. The van der Waals surface area contributed by atoms with Gasteiger partial charge in [0.15, 0.2) is 0 Å². The van der Waals surface area contributed by atoms with Crippen LogP contribution in [0.5, 0.6) is 0 Å². The molecule has 3 N–H and O–H groups in total. The van der Waals surface area contributed by atoms with Crippen molar-refractivity contribution in [2.45, 2.75) is 64.2 Å². The number of aromatic nitrogens is 1. The third-order valence-electron chi connectivity index (χ3n) is 7.74. The molecular formula is C30H35ClN4O5S. The van der Waals surface area contributed by atoms with Crippen LogP contribution < -0.4 is 21.1 Å². The van der Waals surface area contributed by atoms with E-state index in [1.165, 1.54) is 11.3 Å². The summed E-state index contributed by atoms with van der Waals surface area (Å²) in [6.45, 7) is 5.04. The number of rotatable bonds is 9. The second-order valence-electron chi connectivity index (χ2n) is 10.8. The zero-order valence-corrected chi connectivity index (χ0v) is 24.8. The van der Waals surface area contributed by atoms with E-state index in [0.717, 1.165) is 48.1 Å². The molecule has 11 heteroatoms. The van der Waals surface area contributed by atoms with E-state index < -0.39 is 12.2 Å². The lowest BCUT2D eigenvalue weighted by Crippen LogP contribution is -2.36. The molecule has 3 heterocycles. The number of aliphatic hydroxyl groups excluding tert-OH is 1. The number of pyridine rings is 1. The molecule has 5 rings (SSSR count). The van der Waals surface area contributed by atoms with Gasteiger partial charge in [-0.1, -0.05) is 17.7 Å². The minimum Gasteiger partial charge on any atom is -0.442 e. The van der Waals surface area contributed by atoms with Gasteiger partial charge < -0.3 is 20.5 Å². The minimum atomic E-state index is -0.492. The monoisotopic (exact) mass is 598 g/mol. The molecule has 2 amide bonds. The van der Waals surface area contributed by atoms with Crippen molar-refractivity contribution in [2.24, 2.45) is 0 Å². The van der Waals surface area contributed by atoms with Gasteiger partial charge in [-0.2, -0.15) is 0 Å². The first-order chi connectivity index (χ1) is 19.7. The molecule has 0 spiro atoms. The summed E-state index contributed by atoms with van der Waals surface area (Å²) in [6, 6.07) is 11.2. The van der Waals surface area contributed by atoms with Crippen molar-refractivity contribution in [3.8, 4) is 5.69 Å². The number of nitrogens with one attached hydrogen (secondary N) is 2. The van der Waals surface area contributed by atoms with Crippen LogP contribution in [0.2, 0.25) is 4.34 Å². The average molecular weight is 599 g/mol. The predicted octanol–water partition coefficient (Wildman–Crippen LogP) is 4.36. The Morgan fingerprint density at radius 3 is 2.54 bits per heavy atom. The largest absolute Gasteiger partial charge is 0.442 e. The van der Waals surface area contributed by atoms with Crippen LogP contribution >= 0.6 is 22.9 Å². The van der Waals surface area contributed by atoms with Gasteiger partial charge in [0.05, 0.1) is 34.1 Å². The van der Waals surface area contributed by atoms with Gasteiger partial charge in [-0.3, -0.25) is 19.1 Å². The maximum Gasteiger partial charge on any atom is 0.414 e. The van der Waals surface area contributed by atoms with E-state index in [9.17, 15) is 19.5 Å². The molecular weight excluding hydrogens is 564 g/mol. The molecule has 1 saturated heterocycles. The number of anilines is 1. The van der Waals surface area contributed by atoms with Crippen molar-refractivity contribution in [1.29, 1.82) is 0 Å². The average Bonchev–Trinajstić information content (AvgIpc) is 3.55. The molecule has 0 bridgehead atoms. The summed E-state index contributed by atoms with van der Waals surface area (Å²) >= 11 is 7.11. The number of hydrogen-bond acceptors (Lipinski definition) is 7. The van der Waals surface area contributed by atoms with Crippen LogP contribution in [-0.4, -0.2) is 59.6 Å². The second kappa shape index (κ2) is 12.8. The highest BCUT2D eigenvalue weighted by molar-refractivity contribution is 7.18. The first-order valence-electron chi connectivity index (χ1n) is 13.9. The van der Waals surface area contributed by atoms with Gasteiger partial charge in [0, 0.05) is 23.5 Å². The van der Waals surface area contributed by atoms with Crippen molar-refractivity contribution >= 4 is 40.6 Å². The standard InChI is InChI=1S/C30H35ClN4O5S/c1-18-14-22(35-17-24(40-30(35)39)16-33-28(37)25-9-10-26(31)41-25)15-19(2)27(18)34-13-3-4-20(29(34)38)11-12-32-21-5-7-23(36)8-6-21/h3-4,9-10,13-15,21,23-24,32,36H,5-8,11-12,16-17H2,1-2H3,(H,33,37)/t21-,23-,24-/m0/s1. The molecule has 218 valence electrons. The first kappa shape index (κ1) is 29.3. The molecule has 2 aliphatic rings. The molecule has 0 radical (unpaired) electrons. The quantitative estimate of drug-likeness (QED) is 0.337. The number of ether oxygens (including phenoxy) is 1. The number of thiophene rings is 1. The number of nitrogens with zero attached hydrogens (tertiary/aromatic N) is 2. The van der Waals surface area contributed by atoms with Gasteiger partial charge in [0.25, 0.3) is 11.5 Å². The van der Waals surface area contributed by atoms with E-state index in [4.69, 9.17) is 16.3 Å². The van der Waals surface area contributed by atoms with Crippen molar-refractivity contribution in [2.75, 3.05) is 24.5 Å². The number of aliphatic hydroxyl groups is 1. The van der Waals surface area contributed by atoms with E-state index in [1.807, 2.05) is 38.1 Å². The van der Waals surface area contributed by atoms with Gasteiger partial charge in [-0.25, -0.2) is 4.79 Å². The highest BCUT2D eigenvalue weighted by atomic mass is 35.5. The maximum atomic E-state index is 13.4. The Labute approximate surface area is 248 Å². The topological polar surface area (TPSA) is 113 Å². The number of hydrogen-bond donors (Lipinski definition) is 3. The molecule has 1 aromatic carbocycles. The van der Waals surface area contributed by atoms with Crippen LogP contribution in [0.3, 0.4) is 0 Å². The third-order valence-corrected chi connectivity index (χ3v) is 8.97.